The highest BCUT2D eigenvalue weighted by Crippen LogP contribution is 2.22. The molecule has 1 saturated heterocycles. The summed E-state index contributed by atoms with van der Waals surface area (Å²) >= 11 is 0. The van der Waals surface area contributed by atoms with E-state index in [4.69, 9.17) is 0 Å². The number of halogens is 2. The van der Waals surface area contributed by atoms with Crippen LogP contribution in [0.1, 0.15) is 20.3 Å². The van der Waals surface area contributed by atoms with Crippen LogP contribution in [0.25, 0.3) is 0 Å². The fourth-order valence-electron chi connectivity index (χ4n) is 2.76. The normalized spacial score (nSPS) is 22.0. The first kappa shape index (κ1) is 15.4. The summed E-state index contributed by atoms with van der Waals surface area (Å²) in [6.07, 6.45) is 0.993. The second-order valence-electron chi connectivity index (χ2n) is 5.71. The van der Waals surface area contributed by atoms with Gasteiger partial charge in [0, 0.05) is 13.1 Å². The lowest BCUT2D eigenvalue weighted by Gasteiger charge is -2.34. The summed E-state index contributed by atoms with van der Waals surface area (Å²) in [7, 11) is 0. The van der Waals surface area contributed by atoms with Crippen molar-refractivity contribution in [1.82, 2.24) is 4.90 Å². The maximum absolute atomic E-state index is 13.5. The second kappa shape index (κ2) is 6.20. The minimum absolute atomic E-state index is 0.302. The molecule has 4 nitrogen and oxygen atoms in total. The van der Waals surface area contributed by atoms with Gasteiger partial charge in [-0.1, -0.05) is 19.9 Å². The van der Waals surface area contributed by atoms with Gasteiger partial charge in [-0.3, -0.25) is 9.59 Å². The molecular weight excluding hydrogens is 278 g/mol. The minimum Gasteiger partial charge on any atom is -0.334 e. The molecule has 0 aliphatic carbocycles. The highest BCUT2D eigenvalue weighted by atomic mass is 19.1. The Labute approximate surface area is 122 Å². The van der Waals surface area contributed by atoms with Gasteiger partial charge in [0.15, 0.2) is 0 Å². The maximum atomic E-state index is 13.5. The molecule has 114 valence electrons. The van der Waals surface area contributed by atoms with E-state index in [-0.39, 0.29) is 0 Å². The third-order valence-electron chi connectivity index (χ3n) is 3.55. The summed E-state index contributed by atoms with van der Waals surface area (Å²) in [6, 6.07) is 3.23. The highest BCUT2D eigenvalue weighted by molar-refractivity contribution is 6.39. The van der Waals surface area contributed by atoms with Crippen LogP contribution in [0.3, 0.4) is 0 Å². The number of likely N-dealkylation sites (tertiary alicyclic amines) is 1. The molecule has 1 N–H and O–H groups in total. The Balaban J connectivity index is 2.08. The van der Waals surface area contributed by atoms with Crippen LogP contribution in [0.4, 0.5) is 14.5 Å². The number of nitrogens with zero attached hydrogens (tertiary/aromatic N) is 1. The molecule has 1 aromatic rings. The minimum atomic E-state index is -1.01. The van der Waals surface area contributed by atoms with Crippen LogP contribution in [0.2, 0.25) is 0 Å². The zero-order valence-corrected chi connectivity index (χ0v) is 12.0. The Morgan fingerprint density at radius 3 is 2.19 bits per heavy atom. The predicted octanol–water partition coefficient (Wildman–Crippen LogP) is 2.41. The fraction of sp³-hybridized carbons (Fsp3) is 0.467. The van der Waals surface area contributed by atoms with Crippen LogP contribution in [0.5, 0.6) is 0 Å². The van der Waals surface area contributed by atoms with Gasteiger partial charge in [-0.05, 0) is 30.4 Å². The number of para-hydroxylation sites is 1. The Morgan fingerprint density at radius 1 is 1.14 bits per heavy atom. The molecule has 2 unspecified atom stereocenters. The molecule has 1 heterocycles. The molecular formula is C15H18F2N2O2. The second-order valence-corrected chi connectivity index (χ2v) is 5.71. The number of hydrogen-bond donors (Lipinski definition) is 1. The van der Waals surface area contributed by atoms with Gasteiger partial charge in [0.05, 0.1) is 0 Å². The number of amides is 2. The number of piperidine rings is 1. The van der Waals surface area contributed by atoms with Crippen molar-refractivity contribution in [3.63, 3.8) is 0 Å². The van der Waals surface area contributed by atoms with Crippen molar-refractivity contribution in [2.45, 2.75) is 20.3 Å². The zero-order chi connectivity index (χ0) is 15.6. The Kier molecular flexibility index (Phi) is 4.55. The zero-order valence-electron chi connectivity index (χ0n) is 12.0. The van der Waals surface area contributed by atoms with E-state index in [2.05, 4.69) is 0 Å². The number of benzene rings is 1. The number of hydrogen-bond acceptors (Lipinski definition) is 2. The van der Waals surface area contributed by atoms with Crippen LogP contribution in [0, 0.1) is 23.5 Å². The van der Waals surface area contributed by atoms with Crippen LogP contribution < -0.4 is 5.32 Å². The summed E-state index contributed by atoms with van der Waals surface area (Å²) in [5.41, 5.74) is -0.589. The molecule has 6 heteroatoms. The summed E-state index contributed by atoms with van der Waals surface area (Å²) in [6.45, 7) is 4.97. The first-order chi connectivity index (χ1) is 9.88. The van der Waals surface area contributed by atoms with Crippen molar-refractivity contribution < 1.29 is 18.4 Å². The number of nitrogens with one attached hydrogen (secondary N) is 1. The first-order valence-electron chi connectivity index (χ1n) is 6.92. The molecule has 0 aromatic heterocycles. The van der Waals surface area contributed by atoms with Crippen molar-refractivity contribution in [2.75, 3.05) is 18.4 Å². The lowest BCUT2D eigenvalue weighted by atomic mass is 9.92. The average Bonchev–Trinajstić information content (AvgIpc) is 2.41. The van der Waals surface area contributed by atoms with E-state index in [0.29, 0.717) is 24.9 Å². The number of carbonyl (C=O) groups excluding carboxylic acids is 2. The Morgan fingerprint density at radius 2 is 1.67 bits per heavy atom. The van der Waals surface area contributed by atoms with Crippen molar-refractivity contribution in [3.8, 4) is 0 Å². The smallest absolute Gasteiger partial charge is 0.314 e. The van der Waals surface area contributed by atoms with Gasteiger partial charge in [-0.15, -0.1) is 0 Å². The molecule has 1 aromatic carbocycles. The summed E-state index contributed by atoms with van der Waals surface area (Å²) in [5, 5.41) is 2.03. The lowest BCUT2D eigenvalue weighted by molar-refractivity contribution is -0.145. The van der Waals surface area contributed by atoms with E-state index >= 15 is 0 Å². The third kappa shape index (κ3) is 3.56. The van der Waals surface area contributed by atoms with Gasteiger partial charge in [0.2, 0.25) is 0 Å². The van der Waals surface area contributed by atoms with Crippen molar-refractivity contribution in [2.24, 2.45) is 11.8 Å². The lowest BCUT2D eigenvalue weighted by Crippen LogP contribution is -2.47. The van der Waals surface area contributed by atoms with Crippen LogP contribution in [-0.2, 0) is 9.59 Å². The predicted molar refractivity (Wildman–Crippen MR) is 74.5 cm³/mol. The molecule has 21 heavy (non-hydrogen) atoms. The molecule has 2 amide bonds. The Hall–Kier alpha value is -1.98. The van der Waals surface area contributed by atoms with E-state index in [0.717, 1.165) is 18.6 Å². The van der Waals surface area contributed by atoms with Crippen molar-refractivity contribution >= 4 is 17.5 Å². The average molecular weight is 296 g/mol. The topological polar surface area (TPSA) is 49.4 Å². The molecule has 0 spiro atoms. The van der Waals surface area contributed by atoms with E-state index in [1.165, 1.54) is 11.0 Å². The number of rotatable bonds is 1. The number of carbonyl (C=O) groups is 2. The molecule has 2 atom stereocenters. The van der Waals surface area contributed by atoms with Gasteiger partial charge in [0.25, 0.3) is 0 Å². The van der Waals surface area contributed by atoms with Crippen molar-refractivity contribution in [1.29, 1.82) is 0 Å². The maximum Gasteiger partial charge on any atom is 0.314 e. The van der Waals surface area contributed by atoms with Gasteiger partial charge in [-0.25, -0.2) is 8.78 Å². The molecule has 0 radical (unpaired) electrons. The van der Waals surface area contributed by atoms with Gasteiger partial charge < -0.3 is 10.2 Å². The van der Waals surface area contributed by atoms with Gasteiger partial charge in [-0.2, -0.15) is 0 Å². The first-order valence-corrected chi connectivity index (χ1v) is 6.92. The molecule has 1 aliphatic rings. The van der Waals surface area contributed by atoms with Crippen LogP contribution >= 0.6 is 0 Å². The Bertz CT molecular complexity index is 532. The van der Waals surface area contributed by atoms with Crippen LogP contribution in [0.15, 0.2) is 18.2 Å². The standard InChI is InChI=1S/C15H18F2N2O2/c1-9-6-10(2)8-19(7-9)15(21)14(20)18-13-11(16)4-3-5-12(13)17/h3-5,9-10H,6-8H2,1-2H3,(H,18,20). The molecule has 1 aliphatic heterocycles. The van der Waals surface area contributed by atoms with E-state index < -0.39 is 29.1 Å². The molecule has 2 rings (SSSR count). The van der Waals surface area contributed by atoms with E-state index in [9.17, 15) is 18.4 Å². The monoisotopic (exact) mass is 296 g/mol. The molecule has 0 saturated carbocycles. The summed E-state index contributed by atoms with van der Waals surface area (Å²) in [4.78, 5) is 25.4. The van der Waals surface area contributed by atoms with Crippen molar-refractivity contribution in [3.05, 3.63) is 29.8 Å². The largest absolute Gasteiger partial charge is 0.334 e. The third-order valence-corrected chi connectivity index (χ3v) is 3.55. The van der Waals surface area contributed by atoms with E-state index in [1.807, 2.05) is 19.2 Å². The van der Waals surface area contributed by atoms with E-state index in [1.54, 1.807) is 0 Å². The number of anilines is 1. The van der Waals surface area contributed by atoms with Gasteiger partial charge in [0.1, 0.15) is 17.3 Å². The molecule has 1 fully saturated rings. The summed E-state index contributed by atoms with van der Waals surface area (Å²) in [5.74, 6) is -2.98. The quantitative estimate of drug-likeness (QED) is 0.809. The molecule has 0 bridgehead atoms. The SMILES string of the molecule is CC1CC(C)CN(C(=O)C(=O)Nc2c(F)cccc2F)C1. The fourth-order valence-corrected chi connectivity index (χ4v) is 2.76. The summed E-state index contributed by atoms with van der Waals surface area (Å²) < 4.78 is 26.9. The highest BCUT2D eigenvalue weighted by Gasteiger charge is 2.29. The van der Waals surface area contributed by atoms with Crippen LogP contribution in [-0.4, -0.2) is 29.8 Å². The van der Waals surface area contributed by atoms with Gasteiger partial charge >= 0.3 is 11.8 Å².